The third-order valence-electron chi connectivity index (χ3n) is 12.2. The summed E-state index contributed by atoms with van der Waals surface area (Å²) >= 11 is 0. The molecule has 10 aromatic carbocycles. The fourth-order valence-electron chi connectivity index (χ4n) is 9.59. The van der Waals surface area contributed by atoms with E-state index in [9.17, 15) is 0 Å². The van der Waals surface area contributed by atoms with Gasteiger partial charge in [0, 0.05) is 38.5 Å². The Morgan fingerprint density at radius 2 is 1.04 bits per heavy atom. The molecule has 2 heterocycles. The average Bonchev–Trinajstić information content (AvgIpc) is 3.64. The Morgan fingerprint density at radius 1 is 0.421 bits per heavy atom. The van der Waals surface area contributed by atoms with Crippen molar-refractivity contribution in [2.75, 3.05) is 0 Å². The van der Waals surface area contributed by atoms with Crippen LogP contribution in [0.25, 0.3) is 92.6 Å². The molecule has 12 rings (SSSR count). The van der Waals surface area contributed by atoms with Gasteiger partial charge in [0.1, 0.15) is 0 Å². The summed E-state index contributed by atoms with van der Waals surface area (Å²) in [6.45, 7) is 0. The number of para-hydroxylation sites is 1. The Bertz CT molecular complexity index is 3480. The van der Waals surface area contributed by atoms with Crippen LogP contribution in [-0.2, 0) is 0 Å². The van der Waals surface area contributed by atoms with E-state index in [0.717, 1.165) is 11.4 Å². The van der Waals surface area contributed by atoms with Crippen LogP contribution in [0.2, 0.25) is 0 Å². The van der Waals surface area contributed by atoms with E-state index in [0.29, 0.717) is 0 Å². The molecule has 11 aromatic rings. The summed E-state index contributed by atoms with van der Waals surface area (Å²) in [4.78, 5) is 0. The Kier molecular flexibility index (Phi) is 7.02. The largest absolute Gasteiger partial charge is 0.374 e. The van der Waals surface area contributed by atoms with Gasteiger partial charge in [-0.25, -0.2) is 0 Å². The van der Waals surface area contributed by atoms with Gasteiger partial charge in [-0.1, -0.05) is 170 Å². The number of hydrogen-bond donors (Lipinski definition) is 1. The number of dihydropyridines is 1. The minimum Gasteiger partial charge on any atom is -0.374 e. The average molecular weight is 725 g/mol. The zero-order valence-corrected chi connectivity index (χ0v) is 31.2. The first-order valence-corrected chi connectivity index (χ1v) is 19.8. The van der Waals surface area contributed by atoms with E-state index >= 15 is 0 Å². The van der Waals surface area contributed by atoms with E-state index in [1.165, 1.54) is 97.9 Å². The molecule has 1 atom stereocenters. The highest BCUT2D eigenvalue weighted by Gasteiger charge is 2.23. The number of aromatic nitrogens is 1. The highest BCUT2D eigenvalue weighted by atomic mass is 15.0. The van der Waals surface area contributed by atoms with Gasteiger partial charge < -0.3 is 9.88 Å². The van der Waals surface area contributed by atoms with Crippen molar-refractivity contribution in [1.29, 1.82) is 0 Å². The molecule has 1 aromatic heterocycles. The number of allylic oxidation sites excluding steroid dienone is 2. The predicted molar refractivity (Wildman–Crippen MR) is 243 cm³/mol. The number of hydrogen-bond acceptors (Lipinski definition) is 1. The zero-order chi connectivity index (χ0) is 37.5. The van der Waals surface area contributed by atoms with E-state index in [2.05, 4.69) is 216 Å². The molecular weight excluding hydrogens is 689 g/mol. The van der Waals surface area contributed by atoms with Crippen LogP contribution in [0, 0.1) is 0 Å². The highest BCUT2D eigenvalue weighted by molar-refractivity contribution is 6.36. The van der Waals surface area contributed by atoms with Crippen molar-refractivity contribution in [2.24, 2.45) is 0 Å². The van der Waals surface area contributed by atoms with Crippen molar-refractivity contribution >= 4 is 86.9 Å². The van der Waals surface area contributed by atoms with Crippen molar-refractivity contribution < 1.29 is 0 Å². The van der Waals surface area contributed by atoms with Gasteiger partial charge in [-0.3, -0.25) is 0 Å². The SMILES string of the molecule is C1=C(c2ccccc2)C=C(c2cc3ccccc3c3ccccc23)NC1c1ccc(-n2c3ccccc3c3c4c5ccccc5ccc4c4ccccc4c32)cc1. The van der Waals surface area contributed by atoms with E-state index in [4.69, 9.17) is 0 Å². The molecule has 0 aliphatic carbocycles. The lowest BCUT2D eigenvalue weighted by atomic mass is 9.90. The molecule has 1 N–H and O–H groups in total. The quantitative estimate of drug-likeness (QED) is 0.179. The lowest BCUT2D eigenvalue weighted by Gasteiger charge is -2.27. The molecule has 0 saturated heterocycles. The first-order valence-electron chi connectivity index (χ1n) is 19.8. The third kappa shape index (κ3) is 4.91. The molecule has 2 nitrogen and oxygen atoms in total. The van der Waals surface area contributed by atoms with Gasteiger partial charge in [-0.2, -0.15) is 0 Å². The molecule has 0 spiro atoms. The fourth-order valence-corrected chi connectivity index (χ4v) is 9.59. The molecule has 0 amide bonds. The standard InChI is InChI=1S/C55H36N2/c1-2-14-35(15-3-1)39-33-50(56-51(34-39)49-32-38-17-5-6-18-41(38)43-20-8-9-21-44(43)49)37-26-29-40(30-27-37)57-52-25-13-12-24-48(52)54-53-42-19-7-4-16-36(42)28-31-46(53)45-22-10-11-23-47(45)55(54)57/h1-34,50,56H. The summed E-state index contributed by atoms with van der Waals surface area (Å²) in [5.41, 5.74) is 9.58. The fraction of sp³-hybridized carbons (Fsp3) is 0.0182. The topological polar surface area (TPSA) is 17.0 Å². The second kappa shape index (κ2) is 12.6. The summed E-state index contributed by atoms with van der Waals surface area (Å²) in [6.07, 6.45) is 4.70. The third-order valence-corrected chi connectivity index (χ3v) is 12.2. The van der Waals surface area contributed by atoms with Crippen molar-refractivity contribution in [3.05, 3.63) is 223 Å². The number of nitrogens with one attached hydrogen (secondary N) is 1. The minimum atomic E-state index is -0.0335. The highest BCUT2D eigenvalue weighted by Crippen LogP contribution is 2.45. The van der Waals surface area contributed by atoms with E-state index in [1.807, 2.05) is 0 Å². The molecule has 0 fully saturated rings. The number of rotatable bonds is 4. The number of fused-ring (bicyclic) bond motifs is 13. The lowest BCUT2D eigenvalue weighted by Crippen LogP contribution is -2.22. The van der Waals surface area contributed by atoms with Crippen LogP contribution in [0.4, 0.5) is 0 Å². The molecule has 1 aliphatic rings. The smallest absolute Gasteiger partial charge is 0.0707 e. The van der Waals surface area contributed by atoms with Crippen LogP contribution in [-0.4, -0.2) is 4.57 Å². The molecule has 1 unspecified atom stereocenters. The van der Waals surface area contributed by atoms with Crippen molar-refractivity contribution in [2.45, 2.75) is 6.04 Å². The van der Waals surface area contributed by atoms with Crippen LogP contribution in [0.1, 0.15) is 22.7 Å². The molecule has 0 bridgehead atoms. The maximum Gasteiger partial charge on any atom is 0.0707 e. The molecule has 0 saturated carbocycles. The van der Waals surface area contributed by atoms with E-state index in [-0.39, 0.29) is 6.04 Å². The van der Waals surface area contributed by atoms with Gasteiger partial charge in [-0.15, -0.1) is 0 Å². The first-order chi connectivity index (χ1) is 28.3. The van der Waals surface area contributed by atoms with Gasteiger partial charge in [0.15, 0.2) is 0 Å². The zero-order valence-electron chi connectivity index (χ0n) is 31.2. The van der Waals surface area contributed by atoms with Gasteiger partial charge in [0.05, 0.1) is 17.1 Å². The molecule has 1 aliphatic heterocycles. The summed E-state index contributed by atoms with van der Waals surface area (Å²) in [5, 5.41) is 19.3. The molecular formula is C55H36N2. The van der Waals surface area contributed by atoms with Gasteiger partial charge >= 0.3 is 0 Å². The molecule has 57 heavy (non-hydrogen) atoms. The van der Waals surface area contributed by atoms with E-state index in [1.54, 1.807) is 0 Å². The van der Waals surface area contributed by atoms with Crippen LogP contribution < -0.4 is 5.32 Å². The van der Waals surface area contributed by atoms with Crippen LogP contribution in [0.3, 0.4) is 0 Å². The Morgan fingerprint density at radius 3 is 1.82 bits per heavy atom. The van der Waals surface area contributed by atoms with Crippen LogP contribution in [0.15, 0.2) is 206 Å². The van der Waals surface area contributed by atoms with Crippen LogP contribution >= 0.6 is 0 Å². The van der Waals surface area contributed by atoms with E-state index < -0.39 is 0 Å². The number of nitrogens with zero attached hydrogens (tertiary/aromatic N) is 1. The predicted octanol–water partition coefficient (Wildman–Crippen LogP) is 14.3. The molecule has 2 heteroatoms. The summed E-state index contributed by atoms with van der Waals surface area (Å²) in [6, 6.07) is 71.1. The lowest BCUT2D eigenvalue weighted by molar-refractivity contribution is 0.767. The molecule has 266 valence electrons. The monoisotopic (exact) mass is 724 g/mol. The second-order valence-corrected chi connectivity index (χ2v) is 15.3. The normalized spacial score (nSPS) is 14.5. The summed E-state index contributed by atoms with van der Waals surface area (Å²) in [5.74, 6) is 0. The van der Waals surface area contributed by atoms with Crippen molar-refractivity contribution in [3.8, 4) is 5.69 Å². The Balaban J connectivity index is 1.04. The summed E-state index contributed by atoms with van der Waals surface area (Å²) in [7, 11) is 0. The Hall–Kier alpha value is -7.42. The Labute approximate surface area is 330 Å². The van der Waals surface area contributed by atoms with Crippen molar-refractivity contribution in [3.63, 3.8) is 0 Å². The first kappa shape index (κ1) is 31.9. The van der Waals surface area contributed by atoms with Crippen molar-refractivity contribution in [1.82, 2.24) is 9.88 Å². The second-order valence-electron chi connectivity index (χ2n) is 15.3. The molecule has 0 radical (unpaired) electrons. The number of benzene rings is 10. The van der Waals surface area contributed by atoms with Crippen LogP contribution in [0.5, 0.6) is 0 Å². The minimum absolute atomic E-state index is 0.0335. The maximum atomic E-state index is 4.00. The summed E-state index contributed by atoms with van der Waals surface area (Å²) < 4.78 is 2.49. The van der Waals surface area contributed by atoms with Gasteiger partial charge in [0.25, 0.3) is 0 Å². The van der Waals surface area contributed by atoms with Gasteiger partial charge in [0.2, 0.25) is 0 Å². The maximum absolute atomic E-state index is 4.00. The van der Waals surface area contributed by atoms with Gasteiger partial charge in [-0.05, 0) is 96.2 Å².